The minimum absolute atomic E-state index is 0.124. The van der Waals surface area contributed by atoms with Gasteiger partial charge in [0.2, 0.25) is 5.91 Å². The molecule has 5 heteroatoms. The van der Waals surface area contributed by atoms with E-state index in [1.807, 2.05) is 18.2 Å². The summed E-state index contributed by atoms with van der Waals surface area (Å²) >= 11 is 0. The SMILES string of the molecule is COc1ccc(C[C@H]2CO[C@]34CCCC[C@H]3CC(=O)N24)cc1OC. The molecule has 1 aromatic rings. The van der Waals surface area contributed by atoms with E-state index in [1.165, 1.54) is 6.42 Å². The summed E-state index contributed by atoms with van der Waals surface area (Å²) in [5.41, 5.74) is 0.835. The van der Waals surface area contributed by atoms with Crippen molar-refractivity contribution in [2.24, 2.45) is 5.92 Å². The van der Waals surface area contributed by atoms with Crippen LogP contribution in [0.4, 0.5) is 0 Å². The van der Waals surface area contributed by atoms with Gasteiger partial charge in [-0.05, 0) is 43.4 Å². The zero-order valence-corrected chi connectivity index (χ0v) is 14.4. The Morgan fingerprint density at radius 1 is 1.25 bits per heavy atom. The molecular formula is C19H25NO4. The van der Waals surface area contributed by atoms with Crippen LogP contribution < -0.4 is 9.47 Å². The van der Waals surface area contributed by atoms with Gasteiger partial charge in [0.1, 0.15) is 5.72 Å². The van der Waals surface area contributed by atoms with Crippen molar-refractivity contribution in [2.75, 3.05) is 20.8 Å². The van der Waals surface area contributed by atoms with Crippen LogP contribution in [0.15, 0.2) is 18.2 Å². The molecule has 0 radical (unpaired) electrons. The molecule has 2 heterocycles. The van der Waals surface area contributed by atoms with E-state index in [0.29, 0.717) is 18.9 Å². The van der Waals surface area contributed by atoms with Gasteiger partial charge in [-0.3, -0.25) is 4.79 Å². The molecular weight excluding hydrogens is 306 g/mol. The molecule has 1 spiro atoms. The number of hydrogen-bond acceptors (Lipinski definition) is 4. The van der Waals surface area contributed by atoms with E-state index in [-0.39, 0.29) is 17.7 Å². The van der Waals surface area contributed by atoms with Gasteiger partial charge in [-0.2, -0.15) is 0 Å². The first-order valence-electron chi connectivity index (χ1n) is 8.85. The van der Waals surface area contributed by atoms with Gasteiger partial charge in [-0.25, -0.2) is 0 Å². The van der Waals surface area contributed by atoms with Crippen molar-refractivity contribution in [2.45, 2.75) is 50.3 Å². The Morgan fingerprint density at radius 2 is 2.08 bits per heavy atom. The van der Waals surface area contributed by atoms with Crippen LogP contribution in [-0.4, -0.2) is 43.4 Å². The van der Waals surface area contributed by atoms with Crippen molar-refractivity contribution >= 4 is 5.91 Å². The number of rotatable bonds is 4. The first kappa shape index (κ1) is 15.8. The third kappa shape index (κ3) is 2.29. The number of benzene rings is 1. The number of nitrogens with zero attached hydrogens (tertiary/aromatic N) is 1. The summed E-state index contributed by atoms with van der Waals surface area (Å²) in [6.07, 6.45) is 5.93. The topological polar surface area (TPSA) is 48.0 Å². The summed E-state index contributed by atoms with van der Waals surface area (Å²) in [4.78, 5) is 14.7. The first-order valence-corrected chi connectivity index (χ1v) is 8.85. The lowest BCUT2D eigenvalue weighted by Gasteiger charge is -2.40. The summed E-state index contributed by atoms with van der Waals surface area (Å²) in [6.45, 7) is 0.636. The van der Waals surface area contributed by atoms with Crippen LogP contribution in [0.3, 0.4) is 0 Å². The van der Waals surface area contributed by atoms with Gasteiger partial charge in [-0.1, -0.05) is 12.5 Å². The second kappa shape index (κ2) is 5.96. The molecule has 0 N–H and O–H groups in total. The molecule has 3 aliphatic rings. The standard InChI is InChI=1S/C19H25NO4/c1-22-16-7-6-13(10-17(16)23-2)9-15-12-24-19-8-4-3-5-14(19)11-18(21)20(15)19/h6-7,10,14-15H,3-5,8-9,11-12H2,1-2H3/t14-,15-,19+/m0/s1. The number of carbonyl (C=O) groups excluding carboxylic acids is 1. The highest BCUT2D eigenvalue weighted by Gasteiger charge is 2.60. The second-order valence-corrected chi connectivity index (χ2v) is 7.11. The summed E-state index contributed by atoms with van der Waals surface area (Å²) in [7, 11) is 3.28. The lowest BCUT2D eigenvalue weighted by molar-refractivity contribution is -0.145. The fourth-order valence-corrected chi connectivity index (χ4v) is 4.81. The van der Waals surface area contributed by atoms with E-state index in [0.717, 1.165) is 42.7 Å². The molecule has 4 rings (SSSR count). The maximum Gasteiger partial charge on any atom is 0.225 e. The summed E-state index contributed by atoms with van der Waals surface area (Å²) < 4.78 is 17.0. The molecule has 1 aromatic carbocycles. The van der Waals surface area contributed by atoms with E-state index >= 15 is 0 Å². The molecule has 0 aromatic heterocycles. The fourth-order valence-electron chi connectivity index (χ4n) is 4.81. The molecule has 2 aliphatic heterocycles. The number of methoxy groups -OCH3 is 2. The van der Waals surface area contributed by atoms with Crippen LogP contribution in [0.1, 0.15) is 37.7 Å². The van der Waals surface area contributed by atoms with Gasteiger partial charge >= 0.3 is 0 Å². The zero-order chi connectivity index (χ0) is 16.7. The van der Waals surface area contributed by atoms with Gasteiger partial charge in [0.15, 0.2) is 11.5 Å². The van der Waals surface area contributed by atoms with Crippen LogP contribution in [0.25, 0.3) is 0 Å². The Hall–Kier alpha value is -1.75. The predicted molar refractivity (Wildman–Crippen MR) is 89.1 cm³/mol. The zero-order valence-electron chi connectivity index (χ0n) is 14.4. The average molecular weight is 331 g/mol. The van der Waals surface area contributed by atoms with Gasteiger partial charge < -0.3 is 19.1 Å². The van der Waals surface area contributed by atoms with Gasteiger partial charge in [-0.15, -0.1) is 0 Å². The Kier molecular flexibility index (Phi) is 3.91. The van der Waals surface area contributed by atoms with Crippen molar-refractivity contribution in [1.29, 1.82) is 0 Å². The molecule has 3 fully saturated rings. The van der Waals surface area contributed by atoms with E-state index < -0.39 is 0 Å². The number of hydrogen-bond donors (Lipinski definition) is 0. The largest absolute Gasteiger partial charge is 0.493 e. The Balaban J connectivity index is 1.57. The van der Waals surface area contributed by atoms with Crippen molar-refractivity contribution in [3.05, 3.63) is 23.8 Å². The third-order valence-electron chi connectivity index (χ3n) is 5.88. The summed E-state index contributed by atoms with van der Waals surface area (Å²) in [5.74, 6) is 2.11. The summed E-state index contributed by atoms with van der Waals surface area (Å²) in [5, 5.41) is 0. The van der Waals surface area contributed by atoms with Crippen LogP contribution in [-0.2, 0) is 16.0 Å². The highest BCUT2D eigenvalue weighted by molar-refractivity contribution is 5.81. The van der Waals surface area contributed by atoms with Crippen molar-refractivity contribution in [3.63, 3.8) is 0 Å². The summed E-state index contributed by atoms with van der Waals surface area (Å²) in [6, 6.07) is 6.10. The van der Waals surface area contributed by atoms with Crippen molar-refractivity contribution in [3.8, 4) is 11.5 Å². The van der Waals surface area contributed by atoms with E-state index in [4.69, 9.17) is 14.2 Å². The second-order valence-electron chi connectivity index (χ2n) is 7.11. The number of amides is 1. The van der Waals surface area contributed by atoms with E-state index in [1.54, 1.807) is 14.2 Å². The lowest BCUT2D eigenvalue weighted by Crippen LogP contribution is -2.50. The van der Waals surface area contributed by atoms with Crippen LogP contribution in [0.2, 0.25) is 0 Å². The normalized spacial score (nSPS) is 31.8. The molecule has 24 heavy (non-hydrogen) atoms. The van der Waals surface area contributed by atoms with Crippen LogP contribution >= 0.6 is 0 Å². The monoisotopic (exact) mass is 331 g/mol. The van der Waals surface area contributed by atoms with Gasteiger partial charge in [0.25, 0.3) is 0 Å². The van der Waals surface area contributed by atoms with Gasteiger partial charge in [0, 0.05) is 12.3 Å². The third-order valence-corrected chi connectivity index (χ3v) is 5.88. The molecule has 5 nitrogen and oxygen atoms in total. The quantitative estimate of drug-likeness (QED) is 0.851. The Bertz CT molecular complexity index is 646. The average Bonchev–Trinajstić information content (AvgIpc) is 3.09. The van der Waals surface area contributed by atoms with Crippen LogP contribution in [0.5, 0.6) is 11.5 Å². The molecule has 1 amide bonds. The van der Waals surface area contributed by atoms with E-state index in [2.05, 4.69) is 4.90 Å². The van der Waals surface area contributed by atoms with Gasteiger partial charge in [0.05, 0.1) is 26.9 Å². The van der Waals surface area contributed by atoms with Crippen molar-refractivity contribution in [1.82, 2.24) is 4.90 Å². The smallest absolute Gasteiger partial charge is 0.225 e. The Morgan fingerprint density at radius 3 is 2.88 bits per heavy atom. The minimum Gasteiger partial charge on any atom is -0.493 e. The molecule has 2 saturated heterocycles. The molecule has 130 valence electrons. The molecule has 0 bridgehead atoms. The Labute approximate surface area is 142 Å². The highest BCUT2D eigenvalue weighted by Crippen LogP contribution is 2.51. The molecule has 0 unspecified atom stereocenters. The molecule has 3 atom stereocenters. The predicted octanol–water partition coefficient (Wildman–Crippen LogP) is 2.76. The number of carbonyl (C=O) groups is 1. The maximum absolute atomic E-state index is 12.6. The van der Waals surface area contributed by atoms with E-state index in [9.17, 15) is 4.79 Å². The maximum atomic E-state index is 12.6. The van der Waals surface area contributed by atoms with Crippen LogP contribution in [0, 0.1) is 5.92 Å². The molecule has 1 aliphatic carbocycles. The lowest BCUT2D eigenvalue weighted by atomic mass is 9.82. The highest BCUT2D eigenvalue weighted by atomic mass is 16.5. The van der Waals surface area contributed by atoms with Crippen molar-refractivity contribution < 1.29 is 19.0 Å². The fraction of sp³-hybridized carbons (Fsp3) is 0.632. The number of ether oxygens (including phenoxy) is 3. The minimum atomic E-state index is -0.309. The first-order chi connectivity index (χ1) is 11.7. The molecule has 1 saturated carbocycles.